The molecule has 222 valence electrons. The molecule has 0 aromatic rings. The van der Waals surface area contributed by atoms with Gasteiger partial charge in [0.05, 0.1) is 26.1 Å². The van der Waals surface area contributed by atoms with Gasteiger partial charge >= 0.3 is 29.0 Å². The molecule has 0 unspecified atom stereocenters. The van der Waals surface area contributed by atoms with Crippen LogP contribution in [-0.2, 0) is 55.3 Å². The summed E-state index contributed by atoms with van der Waals surface area (Å²) >= 11 is 0. The maximum absolute atomic E-state index is 12.3. The predicted molar refractivity (Wildman–Crippen MR) is 149 cm³/mol. The average molecular weight is 649 g/mol. The van der Waals surface area contributed by atoms with Crippen LogP contribution in [0, 0.1) is 63.2 Å². The summed E-state index contributed by atoms with van der Waals surface area (Å²) in [5.74, 6) is -1.58. The molecule has 0 aromatic carbocycles. The van der Waals surface area contributed by atoms with Crippen LogP contribution in [0.3, 0.4) is 0 Å². The van der Waals surface area contributed by atoms with Gasteiger partial charge in [0.1, 0.15) is 12.1 Å². The van der Waals surface area contributed by atoms with Crippen LogP contribution < -0.4 is 21.3 Å². The van der Waals surface area contributed by atoms with E-state index >= 15 is 0 Å². The summed E-state index contributed by atoms with van der Waals surface area (Å²) < 4.78 is 9.52. The molecule has 0 bridgehead atoms. The van der Waals surface area contributed by atoms with Crippen LogP contribution in [-0.4, -0.2) is 86.5 Å². The average Bonchev–Trinajstić information content (AvgIpc) is 3.68. The molecule has 0 spiro atoms. The number of amides is 4. The summed E-state index contributed by atoms with van der Waals surface area (Å²) in [4.78, 5) is 72.8. The van der Waals surface area contributed by atoms with Crippen LogP contribution in [0.5, 0.6) is 0 Å². The van der Waals surface area contributed by atoms with Crippen molar-refractivity contribution < 1.29 is 55.3 Å². The Bertz CT molecular complexity index is 816. The van der Waals surface area contributed by atoms with E-state index in [-0.39, 0.29) is 66.3 Å². The van der Waals surface area contributed by atoms with Crippen molar-refractivity contribution in [1.82, 2.24) is 21.3 Å². The zero-order valence-corrected chi connectivity index (χ0v) is 25.2. The number of rotatable bonds is 17. The van der Waals surface area contributed by atoms with Crippen LogP contribution in [0.1, 0.15) is 12.8 Å². The number of esters is 2. The predicted octanol–water partition coefficient (Wildman–Crippen LogP) is -0.496. The van der Waals surface area contributed by atoms with Gasteiger partial charge < -0.3 is 30.7 Å². The van der Waals surface area contributed by atoms with E-state index < -0.39 is 35.8 Å². The van der Waals surface area contributed by atoms with Crippen molar-refractivity contribution in [2.75, 3.05) is 38.8 Å². The molecule has 2 fully saturated rings. The second kappa shape index (κ2) is 20.8. The van der Waals surface area contributed by atoms with Gasteiger partial charge in [0.2, 0.25) is 23.6 Å². The summed E-state index contributed by atoms with van der Waals surface area (Å²) in [5, 5.41) is 10.4. The molecule has 0 heterocycles. The molecule has 12 nitrogen and oxygen atoms in total. The monoisotopic (exact) mass is 648 g/mol. The molecule has 0 aromatic heterocycles. The Morgan fingerprint density at radius 2 is 1.00 bits per heavy atom. The van der Waals surface area contributed by atoms with E-state index in [0.29, 0.717) is 11.8 Å². The molecule has 0 aliphatic heterocycles. The van der Waals surface area contributed by atoms with Crippen LogP contribution >= 0.6 is 21.6 Å². The zero-order valence-electron chi connectivity index (χ0n) is 22.5. The van der Waals surface area contributed by atoms with Crippen LogP contribution in [0.25, 0.3) is 0 Å². The summed E-state index contributed by atoms with van der Waals surface area (Å²) in [5.41, 5.74) is 0. The van der Waals surface area contributed by atoms with E-state index in [9.17, 15) is 28.8 Å². The topological polar surface area (TPSA) is 169 Å². The second-order valence-electron chi connectivity index (χ2n) is 8.21. The first-order chi connectivity index (χ1) is 19.2. The zero-order chi connectivity index (χ0) is 29.3. The van der Waals surface area contributed by atoms with Gasteiger partial charge in [-0.25, -0.2) is 9.59 Å². The smallest absolute Gasteiger partial charge is 0.467 e. The molecule has 2 atom stereocenters. The van der Waals surface area contributed by atoms with Crippen LogP contribution in [0.2, 0.25) is 0 Å². The third-order valence-corrected chi connectivity index (χ3v) is 7.74. The van der Waals surface area contributed by atoms with E-state index in [4.69, 9.17) is 9.47 Å². The maximum atomic E-state index is 12.3. The minimum absolute atomic E-state index is 0. The van der Waals surface area contributed by atoms with E-state index in [2.05, 4.69) is 21.3 Å². The second-order valence-corrected chi connectivity index (χ2v) is 10.8. The Labute approximate surface area is 259 Å². The number of carbonyl (C=O) groups is 6. The van der Waals surface area contributed by atoms with E-state index in [1.165, 1.54) is 35.8 Å². The fraction of sp³-hybridized carbons (Fsp3) is 0.385. The van der Waals surface area contributed by atoms with Crippen molar-refractivity contribution in [2.45, 2.75) is 24.9 Å². The van der Waals surface area contributed by atoms with Gasteiger partial charge in [-0.05, 0) is 51.4 Å². The number of nitrogens with one attached hydrogen (secondary N) is 4. The van der Waals surface area contributed by atoms with Crippen molar-refractivity contribution >= 4 is 57.2 Å². The number of hydrogen-bond donors (Lipinski definition) is 4. The number of carbonyl (C=O) groups excluding carboxylic acids is 6. The summed E-state index contributed by atoms with van der Waals surface area (Å²) in [6.07, 6.45) is 13.5. The van der Waals surface area contributed by atoms with Gasteiger partial charge in [-0.3, -0.25) is 19.2 Å². The van der Waals surface area contributed by atoms with Gasteiger partial charge in [-0.15, -0.1) is 0 Å². The molecule has 2 aliphatic carbocycles. The minimum Gasteiger partial charge on any atom is -0.467 e. The molecule has 41 heavy (non-hydrogen) atoms. The first-order valence-corrected chi connectivity index (χ1v) is 14.7. The SMILES string of the molecule is COC(=O)[C@H](CSSC[C@H](NC(=O)CCNC(=O)[C]1[CH][CH][CH][CH]1)C(=O)OC)NC(=O)CCNC(=O)[C]1[CH][CH][CH][CH]1.[Fe+2]. The first-order valence-electron chi connectivity index (χ1n) is 12.2. The van der Waals surface area contributed by atoms with Gasteiger partial charge in [0.15, 0.2) is 0 Å². The number of hydrogen-bond acceptors (Lipinski definition) is 10. The van der Waals surface area contributed by atoms with Crippen molar-refractivity contribution in [3.05, 3.63) is 63.2 Å². The Hall–Kier alpha value is -1.96. The largest absolute Gasteiger partial charge is 2.00 e. The van der Waals surface area contributed by atoms with Gasteiger partial charge in [-0.2, -0.15) is 0 Å². The standard InChI is InChI=1S/C26H32N4O8S2.Fe/c1-37-25(35)19(29-21(31)11-13-27-23(33)17-7-3-4-8-17)15-39-40-16-20(26(36)38-2)30-22(32)12-14-28-24(34)18-9-5-6-10-18;/h3-10,19-20H,11-16H2,1-2H3,(H,27,33)(H,28,34)(H,29,31)(H,30,32);/q;+2/t19-,20-;/m0./s1. The van der Waals surface area contributed by atoms with Crippen molar-refractivity contribution in [3.8, 4) is 0 Å². The van der Waals surface area contributed by atoms with Crippen molar-refractivity contribution in [2.24, 2.45) is 0 Å². The van der Waals surface area contributed by atoms with Gasteiger partial charge in [0, 0.05) is 37.4 Å². The van der Waals surface area contributed by atoms with E-state index in [0.717, 1.165) is 0 Å². The summed E-state index contributed by atoms with van der Waals surface area (Å²) in [6.45, 7) is 0.173. The van der Waals surface area contributed by atoms with Crippen LogP contribution in [0.4, 0.5) is 0 Å². The molecule has 2 aliphatic rings. The Balaban J connectivity index is 0.00000840. The molecule has 10 radical (unpaired) electrons. The third-order valence-electron chi connectivity index (χ3n) is 5.32. The van der Waals surface area contributed by atoms with Crippen LogP contribution in [0.15, 0.2) is 0 Å². The molecule has 0 saturated heterocycles. The Morgan fingerprint density at radius 3 is 1.32 bits per heavy atom. The normalized spacial score (nSPS) is 16.5. The van der Waals surface area contributed by atoms with Gasteiger partial charge in [0.25, 0.3) is 0 Å². The van der Waals surface area contributed by atoms with E-state index in [1.54, 1.807) is 51.4 Å². The molecule has 15 heteroatoms. The molecule has 4 amide bonds. The first kappa shape index (κ1) is 37.1. The fourth-order valence-electron chi connectivity index (χ4n) is 3.22. The molecule has 2 rings (SSSR count). The third kappa shape index (κ3) is 14.2. The molecular formula is C26H32FeN4O8S2+2. The molecule has 2 saturated carbocycles. The Kier molecular flexibility index (Phi) is 18.8. The summed E-state index contributed by atoms with van der Waals surface area (Å²) in [7, 11) is 4.78. The maximum Gasteiger partial charge on any atom is 2.00 e. The van der Waals surface area contributed by atoms with Crippen molar-refractivity contribution in [3.63, 3.8) is 0 Å². The quantitative estimate of drug-likeness (QED) is 0.0699. The minimum atomic E-state index is -0.960. The number of methoxy groups -OCH3 is 2. The van der Waals surface area contributed by atoms with Gasteiger partial charge in [-0.1, -0.05) is 21.6 Å². The fourth-order valence-corrected chi connectivity index (χ4v) is 5.52. The van der Waals surface area contributed by atoms with Crippen molar-refractivity contribution in [1.29, 1.82) is 0 Å². The Morgan fingerprint density at radius 1 is 0.659 bits per heavy atom. The number of ether oxygens (including phenoxy) is 2. The summed E-state index contributed by atoms with van der Waals surface area (Å²) in [6, 6.07) is -1.92. The molecule has 4 N–H and O–H groups in total. The molecular weight excluding hydrogens is 616 g/mol. The van der Waals surface area contributed by atoms with E-state index in [1.807, 2.05) is 0 Å².